The number of halogens is 1. The number of nitrogens with zero attached hydrogens (tertiary/aromatic N) is 2. The Bertz CT molecular complexity index is 999. The van der Waals surface area contributed by atoms with Crippen molar-refractivity contribution in [3.63, 3.8) is 0 Å². The van der Waals surface area contributed by atoms with E-state index in [4.69, 9.17) is 11.6 Å². The van der Waals surface area contributed by atoms with E-state index in [0.29, 0.717) is 0 Å². The van der Waals surface area contributed by atoms with Gasteiger partial charge in [-0.1, -0.05) is 42.0 Å². The largest absolute Gasteiger partial charge is 0.369 e. The second kappa shape index (κ2) is 6.08. The van der Waals surface area contributed by atoms with Crippen molar-refractivity contribution < 1.29 is 4.79 Å². The fraction of sp³-hybridized carbons (Fsp3) is 0.391. The lowest BCUT2D eigenvalue weighted by atomic mass is 9.80. The Labute approximate surface area is 170 Å². The summed E-state index contributed by atoms with van der Waals surface area (Å²) in [6.45, 7) is 0.881. The number of rotatable bonds is 3. The van der Waals surface area contributed by atoms with Gasteiger partial charge in [-0.2, -0.15) is 0 Å². The van der Waals surface area contributed by atoms with Crippen molar-refractivity contribution in [3.05, 3.63) is 58.8 Å². The Morgan fingerprint density at radius 1 is 1.21 bits per heavy atom. The number of amides is 1. The molecule has 1 aromatic heterocycles. The number of hydrogen-bond donors (Lipinski definition) is 1. The number of hydrogen-bond acceptors (Lipinski definition) is 3. The minimum absolute atomic E-state index is 0.0334. The summed E-state index contributed by atoms with van der Waals surface area (Å²) in [5.41, 5.74) is 3.87. The molecule has 1 amide bonds. The molecule has 0 unspecified atom stereocenters. The number of carbonyl (C=O) groups is 1. The highest BCUT2D eigenvalue weighted by atomic mass is 35.5. The Balaban J connectivity index is 1.58. The molecule has 5 rings (SSSR count). The number of carbonyl (C=O) groups excluding carboxylic acids is 1. The Kier molecular flexibility index (Phi) is 3.86. The van der Waals surface area contributed by atoms with E-state index in [1.807, 2.05) is 26.4 Å². The van der Waals surface area contributed by atoms with Gasteiger partial charge in [0.2, 0.25) is 5.91 Å². The van der Waals surface area contributed by atoms with E-state index < -0.39 is 0 Å². The highest BCUT2D eigenvalue weighted by Gasteiger charge is 2.52. The SMILES string of the molecule is CN(C)C(=O)C1(c2cccc(-c3cnc4c(c3Cl)C3(CC=CC3)CN4)c2)CC1. The van der Waals surface area contributed by atoms with Crippen LogP contribution in [0.25, 0.3) is 11.1 Å². The van der Waals surface area contributed by atoms with Gasteiger partial charge < -0.3 is 10.2 Å². The summed E-state index contributed by atoms with van der Waals surface area (Å²) in [4.78, 5) is 19.1. The quantitative estimate of drug-likeness (QED) is 0.779. The second-order valence-corrected chi connectivity index (χ2v) is 8.96. The van der Waals surface area contributed by atoms with E-state index in [2.05, 4.69) is 40.7 Å². The van der Waals surface area contributed by atoms with E-state index in [1.165, 1.54) is 0 Å². The van der Waals surface area contributed by atoms with Gasteiger partial charge in [0.05, 0.1) is 10.4 Å². The van der Waals surface area contributed by atoms with Crippen LogP contribution in [0.2, 0.25) is 5.02 Å². The lowest BCUT2D eigenvalue weighted by Gasteiger charge is -2.24. The number of benzene rings is 1. The summed E-state index contributed by atoms with van der Waals surface area (Å²) in [5.74, 6) is 1.10. The van der Waals surface area contributed by atoms with Crippen molar-refractivity contribution in [1.29, 1.82) is 0 Å². The van der Waals surface area contributed by atoms with Gasteiger partial charge >= 0.3 is 0 Å². The van der Waals surface area contributed by atoms with Crippen molar-refractivity contribution in [3.8, 4) is 11.1 Å². The topological polar surface area (TPSA) is 45.2 Å². The van der Waals surface area contributed by atoms with Crippen molar-refractivity contribution in [1.82, 2.24) is 9.88 Å². The number of pyridine rings is 1. The molecule has 28 heavy (non-hydrogen) atoms. The standard InChI is InChI=1S/C23H24ClN3O/c1-27(2)21(28)23(10-11-23)16-7-5-6-15(12-16)17-13-25-20-18(19(17)24)22(14-26-20)8-3-4-9-22/h3-7,12-13H,8-11,14H2,1-2H3,(H,25,26). The number of anilines is 1. The first kappa shape index (κ1) is 17.7. The van der Waals surface area contributed by atoms with Crippen LogP contribution in [0.15, 0.2) is 42.6 Å². The maximum atomic E-state index is 12.7. The van der Waals surface area contributed by atoms with E-state index >= 15 is 0 Å². The van der Waals surface area contributed by atoms with Gasteiger partial charge in [0.25, 0.3) is 0 Å². The Morgan fingerprint density at radius 2 is 1.96 bits per heavy atom. The van der Waals surface area contributed by atoms with Crippen LogP contribution in [0.1, 0.15) is 36.8 Å². The Hall–Kier alpha value is -2.33. The van der Waals surface area contributed by atoms with Crippen LogP contribution in [-0.4, -0.2) is 36.4 Å². The van der Waals surface area contributed by atoms with Gasteiger partial charge in [-0.25, -0.2) is 4.98 Å². The summed E-state index contributed by atoms with van der Waals surface area (Å²) in [7, 11) is 3.66. The molecule has 5 heteroatoms. The van der Waals surface area contributed by atoms with Crippen molar-refractivity contribution in [2.45, 2.75) is 36.5 Å². The van der Waals surface area contributed by atoms with E-state index in [9.17, 15) is 4.79 Å². The number of likely N-dealkylation sites (N-methyl/N-ethyl adjacent to an activating group) is 1. The fourth-order valence-corrected chi connectivity index (χ4v) is 5.31. The molecule has 144 valence electrons. The van der Waals surface area contributed by atoms with E-state index in [-0.39, 0.29) is 16.7 Å². The zero-order valence-electron chi connectivity index (χ0n) is 16.3. The minimum Gasteiger partial charge on any atom is -0.369 e. The third-order valence-corrected chi connectivity index (χ3v) is 7.01. The predicted molar refractivity (Wildman–Crippen MR) is 113 cm³/mol. The monoisotopic (exact) mass is 393 g/mol. The first-order valence-corrected chi connectivity index (χ1v) is 10.3. The van der Waals surface area contributed by atoms with Crippen LogP contribution in [0, 0.1) is 0 Å². The molecule has 2 aromatic rings. The van der Waals surface area contributed by atoms with E-state index in [1.54, 1.807) is 4.90 Å². The predicted octanol–water partition coefficient (Wildman–Crippen LogP) is 4.54. The highest BCUT2D eigenvalue weighted by molar-refractivity contribution is 6.34. The van der Waals surface area contributed by atoms with Gasteiger partial charge in [-0.3, -0.25) is 4.79 Å². The molecule has 2 heterocycles. The average Bonchev–Trinajstić information content (AvgIpc) is 3.24. The van der Waals surface area contributed by atoms with Gasteiger partial charge in [-0.15, -0.1) is 0 Å². The zero-order chi connectivity index (χ0) is 19.5. The molecular formula is C23H24ClN3O. The number of nitrogens with one attached hydrogen (secondary N) is 1. The molecule has 2 aliphatic carbocycles. The average molecular weight is 394 g/mol. The molecular weight excluding hydrogens is 370 g/mol. The first-order valence-electron chi connectivity index (χ1n) is 9.87. The molecule has 1 spiro atoms. The fourth-order valence-electron chi connectivity index (χ4n) is 4.86. The maximum Gasteiger partial charge on any atom is 0.232 e. The third-order valence-electron chi connectivity index (χ3n) is 6.62. The van der Waals surface area contributed by atoms with Crippen molar-refractivity contribution in [2.75, 3.05) is 26.0 Å². The Morgan fingerprint density at radius 3 is 2.64 bits per heavy atom. The van der Waals surface area contributed by atoms with Crippen LogP contribution in [0.4, 0.5) is 5.82 Å². The second-order valence-electron chi connectivity index (χ2n) is 8.59. The summed E-state index contributed by atoms with van der Waals surface area (Å²) in [6, 6.07) is 8.29. The lowest BCUT2D eigenvalue weighted by molar-refractivity contribution is -0.131. The normalized spacial score (nSPS) is 20.1. The minimum atomic E-state index is -0.367. The highest BCUT2D eigenvalue weighted by Crippen LogP contribution is 2.52. The summed E-state index contributed by atoms with van der Waals surface area (Å²) < 4.78 is 0. The van der Waals surface area contributed by atoms with Crippen LogP contribution in [0.3, 0.4) is 0 Å². The van der Waals surface area contributed by atoms with Crippen LogP contribution < -0.4 is 5.32 Å². The summed E-state index contributed by atoms with van der Waals surface area (Å²) >= 11 is 6.97. The van der Waals surface area contributed by atoms with Gasteiger partial charge in [0.15, 0.2) is 0 Å². The molecule has 1 aliphatic heterocycles. The molecule has 1 aromatic carbocycles. The lowest BCUT2D eigenvalue weighted by Crippen LogP contribution is -2.33. The molecule has 1 fully saturated rings. The third kappa shape index (κ3) is 2.44. The van der Waals surface area contributed by atoms with Crippen molar-refractivity contribution >= 4 is 23.3 Å². The molecule has 1 N–H and O–H groups in total. The van der Waals surface area contributed by atoms with Crippen LogP contribution >= 0.6 is 11.6 Å². The number of fused-ring (bicyclic) bond motifs is 2. The number of aromatic nitrogens is 1. The molecule has 1 saturated carbocycles. The molecule has 0 bridgehead atoms. The van der Waals surface area contributed by atoms with Crippen molar-refractivity contribution in [2.24, 2.45) is 0 Å². The van der Waals surface area contributed by atoms with Gasteiger partial charge in [-0.05, 0) is 42.9 Å². The van der Waals surface area contributed by atoms with Gasteiger partial charge in [0, 0.05) is 43.4 Å². The smallest absolute Gasteiger partial charge is 0.232 e. The molecule has 3 aliphatic rings. The molecule has 4 nitrogen and oxygen atoms in total. The van der Waals surface area contributed by atoms with Gasteiger partial charge in [0.1, 0.15) is 5.82 Å². The summed E-state index contributed by atoms with van der Waals surface area (Å²) in [5, 5.41) is 4.23. The maximum absolute atomic E-state index is 12.7. The van der Waals surface area contributed by atoms with Crippen LogP contribution in [0.5, 0.6) is 0 Å². The van der Waals surface area contributed by atoms with Crippen LogP contribution in [-0.2, 0) is 15.6 Å². The summed E-state index contributed by atoms with van der Waals surface area (Å²) in [6.07, 6.45) is 10.2. The molecule has 0 atom stereocenters. The molecule has 0 saturated heterocycles. The number of allylic oxidation sites excluding steroid dienone is 2. The van der Waals surface area contributed by atoms with E-state index in [0.717, 1.165) is 65.3 Å². The first-order chi connectivity index (χ1) is 13.5. The molecule has 0 radical (unpaired) electrons. The zero-order valence-corrected chi connectivity index (χ0v) is 17.0.